The molecular weight excluding hydrogens is 362 g/mol. The zero-order valence-electron chi connectivity index (χ0n) is 16.3. The number of H-pyrrole nitrogens is 1. The third-order valence-electron chi connectivity index (χ3n) is 4.89. The van der Waals surface area contributed by atoms with Crippen LogP contribution in [0.5, 0.6) is 5.75 Å². The van der Waals surface area contributed by atoms with E-state index in [1.165, 1.54) is 7.11 Å². The molecule has 0 atom stereocenters. The molecule has 0 saturated heterocycles. The Labute approximate surface area is 169 Å². The number of benzene rings is 3. The third-order valence-corrected chi connectivity index (χ3v) is 4.89. The summed E-state index contributed by atoms with van der Waals surface area (Å²) in [6.07, 6.45) is 0. The van der Waals surface area contributed by atoms with Crippen LogP contribution in [0.2, 0.25) is 0 Å². The molecule has 1 N–H and O–H groups in total. The van der Waals surface area contributed by atoms with Crippen molar-refractivity contribution in [3.05, 3.63) is 90.5 Å². The smallest absolute Gasteiger partial charge is 0.340 e. The first-order valence-corrected chi connectivity index (χ1v) is 9.32. The van der Waals surface area contributed by atoms with Crippen LogP contribution in [0.15, 0.2) is 84.9 Å². The monoisotopic (exact) mass is 383 g/mol. The maximum Gasteiger partial charge on any atom is 0.340 e. The van der Waals surface area contributed by atoms with Gasteiger partial charge in [0.2, 0.25) is 0 Å². The fourth-order valence-electron chi connectivity index (χ4n) is 3.50. The summed E-state index contributed by atoms with van der Waals surface area (Å²) in [5.41, 5.74) is 5.76. The van der Waals surface area contributed by atoms with Crippen molar-refractivity contribution >= 4 is 5.97 Å². The number of aromatic amines is 1. The Morgan fingerprint density at radius 3 is 1.79 bits per heavy atom. The van der Waals surface area contributed by atoms with Gasteiger partial charge in [0.1, 0.15) is 5.75 Å². The molecule has 0 aliphatic heterocycles. The second kappa shape index (κ2) is 8.07. The lowest BCUT2D eigenvalue weighted by Gasteiger charge is -2.08. The van der Waals surface area contributed by atoms with E-state index < -0.39 is 0 Å². The fourth-order valence-corrected chi connectivity index (χ4v) is 3.50. The molecule has 0 spiro atoms. The Hall–Kier alpha value is -3.79. The van der Waals surface area contributed by atoms with Gasteiger partial charge in [0, 0.05) is 5.56 Å². The van der Waals surface area contributed by atoms with E-state index in [4.69, 9.17) is 9.47 Å². The van der Waals surface area contributed by atoms with Crippen molar-refractivity contribution in [2.75, 3.05) is 14.2 Å². The zero-order valence-corrected chi connectivity index (χ0v) is 16.3. The summed E-state index contributed by atoms with van der Waals surface area (Å²) in [6, 6.07) is 27.5. The lowest BCUT2D eigenvalue weighted by molar-refractivity contribution is 0.0602. The molecule has 0 bridgehead atoms. The molecule has 3 aromatic carbocycles. The van der Waals surface area contributed by atoms with E-state index in [2.05, 4.69) is 4.98 Å². The summed E-state index contributed by atoms with van der Waals surface area (Å²) >= 11 is 0. The van der Waals surface area contributed by atoms with Gasteiger partial charge in [-0.25, -0.2) is 4.79 Å². The lowest BCUT2D eigenvalue weighted by atomic mass is 9.95. The summed E-state index contributed by atoms with van der Waals surface area (Å²) in [5.74, 6) is 0.400. The van der Waals surface area contributed by atoms with Gasteiger partial charge in [-0.2, -0.15) is 0 Å². The number of aromatic nitrogens is 1. The highest BCUT2D eigenvalue weighted by atomic mass is 16.5. The van der Waals surface area contributed by atoms with Crippen LogP contribution in [0, 0.1) is 0 Å². The highest BCUT2D eigenvalue weighted by Crippen LogP contribution is 2.41. The first-order valence-electron chi connectivity index (χ1n) is 9.32. The Balaban J connectivity index is 2.03. The van der Waals surface area contributed by atoms with E-state index in [0.29, 0.717) is 5.56 Å². The van der Waals surface area contributed by atoms with E-state index in [1.54, 1.807) is 7.11 Å². The van der Waals surface area contributed by atoms with Gasteiger partial charge >= 0.3 is 5.97 Å². The van der Waals surface area contributed by atoms with Gasteiger partial charge in [-0.05, 0) is 41.0 Å². The van der Waals surface area contributed by atoms with E-state index in [1.807, 2.05) is 84.9 Å². The number of hydrogen-bond donors (Lipinski definition) is 1. The number of carbonyl (C=O) groups is 1. The fraction of sp³-hybridized carbons (Fsp3) is 0.0800. The number of nitrogens with one attached hydrogen (secondary N) is 1. The molecule has 144 valence electrons. The van der Waals surface area contributed by atoms with Gasteiger partial charge in [-0.15, -0.1) is 0 Å². The standard InChI is InChI=1S/C25H21NO3/c1-28-20-15-13-19(14-16-20)23-21(17-9-5-3-6-10-17)22(25(27)29-2)24(26-23)18-11-7-4-8-12-18/h3-16,26H,1-2H3. The largest absolute Gasteiger partial charge is 0.497 e. The van der Waals surface area contributed by atoms with E-state index in [9.17, 15) is 4.79 Å². The Morgan fingerprint density at radius 2 is 1.24 bits per heavy atom. The van der Waals surface area contributed by atoms with Crippen LogP contribution in [0.4, 0.5) is 0 Å². The Kier molecular flexibility index (Phi) is 5.16. The van der Waals surface area contributed by atoms with Gasteiger partial charge in [0.05, 0.1) is 31.2 Å². The summed E-state index contributed by atoms with van der Waals surface area (Å²) in [4.78, 5) is 16.4. The van der Waals surface area contributed by atoms with Crippen LogP contribution in [-0.2, 0) is 4.74 Å². The topological polar surface area (TPSA) is 51.3 Å². The van der Waals surface area contributed by atoms with Gasteiger partial charge in [-0.3, -0.25) is 0 Å². The predicted octanol–water partition coefficient (Wildman–Crippen LogP) is 5.81. The van der Waals surface area contributed by atoms with E-state index in [-0.39, 0.29) is 5.97 Å². The molecule has 4 aromatic rings. The van der Waals surface area contributed by atoms with Crippen molar-refractivity contribution in [1.82, 2.24) is 4.98 Å². The predicted molar refractivity (Wildman–Crippen MR) is 115 cm³/mol. The molecule has 0 unspecified atom stereocenters. The molecule has 0 fully saturated rings. The average Bonchev–Trinajstić information content (AvgIpc) is 3.20. The highest BCUT2D eigenvalue weighted by molar-refractivity contribution is 6.07. The highest BCUT2D eigenvalue weighted by Gasteiger charge is 2.26. The quantitative estimate of drug-likeness (QED) is 0.442. The minimum atomic E-state index is -0.376. The van der Waals surface area contributed by atoms with Gasteiger partial charge in [0.25, 0.3) is 0 Å². The molecule has 0 amide bonds. The molecule has 1 heterocycles. The van der Waals surface area contributed by atoms with Gasteiger partial charge in [-0.1, -0.05) is 60.7 Å². The van der Waals surface area contributed by atoms with Crippen molar-refractivity contribution in [3.8, 4) is 39.4 Å². The second-order valence-electron chi connectivity index (χ2n) is 6.58. The van der Waals surface area contributed by atoms with Crippen molar-refractivity contribution in [3.63, 3.8) is 0 Å². The van der Waals surface area contributed by atoms with Crippen molar-refractivity contribution in [1.29, 1.82) is 0 Å². The van der Waals surface area contributed by atoms with E-state index in [0.717, 1.165) is 39.4 Å². The molecule has 0 aliphatic rings. The molecule has 1 aromatic heterocycles. The molecule has 0 aliphatic carbocycles. The third kappa shape index (κ3) is 3.52. The first-order chi connectivity index (χ1) is 14.2. The molecule has 4 heteroatoms. The van der Waals surface area contributed by atoms with Gasteiger partial charge < -0.3 is 14.5 Å². The average molecular weight is 383 g/mol. The van der Waals surface area contributed by atoms with Gasteiger partial charge in [0.15, 0.2) is 0 Å². The maximum absolute atomic E-state index is 12.9. The summed E-state index contributed by atoms with van der Waals surface area (Å²) in [5, 5.41) is 0. The zero-order chi connectivity index (χ0) is 20.2. The summed E-state index contributed by atoms with van der Waals surface area (Å²) in [6.45, 7) is 0. The number of rotatable bonds is 5. The molecule has 0 radical (unpaired) electrons. The molecule has 0 saturated carbocycles. The first kappa shape index (κ1) is 18.6. The maximum atomic E-state index is 12.9. The van der Waals surface area contributed by atoms with Crippen LogP contribution in [-0.4, -0.2) is 25.2 Å². The number of carbonyl (C=O) groups excluding carboxylic acids is 1. The molecule has 4 nitrogen and oxygen atoms in total. The second-order valence-corrected chi connectivity index (χ2v) is 6.58. The molecule has 29 heavy (non-hydrogen) atoms. The Bertz CT molecular complexity index is 1110. The molecular formula is C25H21NO3. The Morgan fingerprint density at radius 1 is 0.690 bits per heavy atom. The normalized spacial score (nSPS) is 10.6. The van der Waals surface area contributed by atoms with Crippen LogP contribution >= 0.6 is 0 Å². The number of methoxy groups -OCH3 is 2. The van der Waals surface area contributed by atoms with E-state index >= 15 is 0 Å². The van der Waals surface area contributed by atoms with Crippen LogP contribution in [0.3, 0.4) is 0 Å². The summed E-state index contributed by atoms with van der Waals surface area (Å²) < 4.78 is 10.5. The minimum Gasteiger partial charge on any atom is -0.497 e. The summed E-state index contributed by atoms with van der Waals surface area (Å²) in [7, 11) is 3.05. The van der Waals surface area contributed by atoms with Crippen molar-refractivity contribution < 1.29 is 14.3 Å². The van der Waals surface area contributed by atoms with Crippen molar-refractivity contribution in [2.24, 2.45) is 0 Å². The SMILES string of the molecule is COC(=O)c1c(-c2ccccc2)[nH]c(-c2ccc(OC)cc2)c1-c1ccccc1. The number of hydrogen-bond acceptors (Lipinski definition) is 3. The van der Waals surface area contributed by atoms with Crippen LogP contribution < -0.4 is 4.74 Å². The molecule has 4 rings (SSSR count). The number of esters is 1. The van der Waals surface area contributed by atoms with Crippen LogP contribution in [0.25, 0.3) is 33.6 Å². The van der Waals surface area contributed by atoms with Crippen molar-refractivity contribution in [2.45, 2.75) is 0 Å². The van der Waals surface area contributed by atoms with Crippen LogP contribution in [0.1, 0.15) is 10.4 Å². The lowest BCUT2D eigenvalue weighted by Crippen LogP contribution is -2.03. The number of ether oxygens (including phenoxy) is 2. The minimum absolute atomic E-state index is 0.376.